The third-order valence-corrected chi connectivity index (χ3v) is 4.29. The average molecular weight is 250 g/mol. The van der Waals surface area contributed by atoms with Crippen LogP contribution in [0.5, 0.6) is 0 Å². The van der Waals surface area contributed by atoms with E-state index in [9.17, 15) is 4.79 Å². The highest BCUT2D eigenvalue weighted by Gasteiger charge is 1.99. The Kier molecular flexibility index (Phi) is 12.7. The minimum Gasteiger partial charge on any atom is -0.382 e. The zero-order valence-electron chi connectivity index (χ0n) is 9.79. The fraction of sp³-hybridized carbons (Fsp3) is 0.909. The van der Waals surface area contributed by atoms with E-state index in [1.807, 2.05) is 24.6 Å². The van der Waals surface area contributed by atoms with E-state index in [1.54, 1.807) is 10.8 Å². The SMILES string of the molecule is CCCC(=O)CCSSCCCOCC. The van der Waals surface area contributed by atoms with Crippen molar-refractivity contribution >= 4 is 27.4 Å². The van der Waals surface area contributed by atoms with E-state index in [2.05, 4.69) is 0 Å². The first-order chi connectivity index (χ1) is 7.31. The normalized spacial score (nSPS) is 10.5. The van der Waals surface area contributed by atoms with Gasteiger partial charge in [0, 0.05) is 37.6 Å². The Hall–Kier alpha value is 0.330. The standard InChI is InChI=1S/C11H22O2S2/c1-3-6-11(12)7-10-15-14-9-5-8-13-4-2/h3-10H2,1-2H3. The number of rotatable bonds is 11. The average Bonchev–Trinajstić information content (AvgIpc) is 2.22. The van der Waals surface area contributed by atoms with E-state index in [0.717, 1.165) is 50.4 Å². The van der Waals surface area contributed by atoms with Gasteiger partial charge in [0.05, 0.1) is 0 Å². The van der Waals surface area contributed by atoms with Crippen LogP contribution in [-0.2, 0) is 9.53 Å². The lowest BCUT2D eigenvalue weighted by Crippen LogP contribution is -1.97. The van der Waals surface area contributed by atoms with E-state index >= 15 is 0 Å². The summed E-state index contributed by atoms with van der Waals surface area (Å²) in [6, 6.07) is 0. The van der Waals surface area contributed by atoms with Crippen LogP contribution in [0.3, 0.4) is 0 Å². The molecule has 0 aliphatic rings. The molecule has 0 fully saturated rings. The van der Waals surface area contributed by atoms with Crippen molar-refractivity contribution in [3.63, 3.8) is 0 Å². The van der Waals surface area contributed by atoms with Crippen LogP contribution in [-0.4, -0.2) is 30.5 Å². The molecule has 90 valence electrons. The second-order valence-corrected chi connectivity index (χ2v) is 5.94. The van der Waals surface area contributed by atoms with Crippen molar-refractivity contribution in [1.29, 1.82) is 0 Å². The highest BCUT2D eigenvalue weighted by molar-refractivity contribution is 8.76. The molecule has 15 heavy (non-hydrogen) atoms. The van der Waals surface area contributed by atoms with Gasteiger partial charge < -0.3 is 4.74 Å². The van der Waals surface area contributed by atoms with Crippen molar-refractivity contribution in [2.45, 2.75) is 39.5 Å². The van der Waals surface area contributed by atoms with Gasteiger partial charge in [-0.2, -0.15) is 0 Å². The summed E-state index contributed by atoms with van der Waals surface area (Å²) in [6.45, 7) is 5.73. The zero-order valence-corrected chi connectivity index (χ0v) is 11.4. The molecular formula is C11H22O2S2. The van der Waals surface area contributed by atoms with E-state index in [0.29, 0.717) is 5.78 Å². The summed E-state index contributed by atoms with van der Waals surface area (Å²) in [5.74, 6) is 2.48. The molecule has 0 radical (unpaired) electrons. The predicted molar refractivity (Wildman–Crippen MR) is 70.6 cm³/mol. The molecule has 4 heteroatoms. The topological polar surface area (TPSA) is 26.3 Å². The van der Waals surface area contributed by atoms with Crippen molar-refractivity contribution in [1.82, 2.24) is 0 Å². The summed E-state index contributed by atoms with van der Waals surface area (Å²) in [5.41, 5.74) is 0. The first-order valence-corrected chi connectivity index (χ1v) is 8.13. The molecule has 0 aliphatic carbocycles. The number of ketones is 1. The Morgan fingerprint density at radius 3 is 2.53 bits per heavy atom. The first kappa shape index (κ1) is 15.3. The maximum absolute atomic E-state index is 11.2. The second-order valence-electron chi connectivity index (χ2n) is 3.23. The molecule has 0 amide bonds. The Balaban J connectivity index is 3.01. The van der Waals surface area contributed by atoms with Crippen LogP contribution in [0.4, 0.5) is 0 Å². The summed E-state index contributed by atoms with van der Waals surface area (Å²) in [6.07, 6.45) is 3.56. The predicted octanol–water partition coefficient (Wildman–Crippen LogP) is 3.55. The molecule has 0 saturated heterocycles. The fourth-order valence-electron chi connectivity index (χ4n) is 1.04. The highest BCUT2D eigenvalue weighted by atomic mass is 33.1. The summed E-state index contributed by atoms with van der Waals surface area (Å²) in [5, 5.41) is 0. The van der Waals surface area contributed by atoms with Crippen LogP contribution in [0.1, 0.15) is 39.5 Å². The Morgan fingerprint density at radius 2 is 1.87 bits per heavy atom. The largest absolute Gasteiger partial charge is 0.382 e. The maximum Gasteiger partial charge on any atom is 0.133 e. The molecule has 0 aromatic carbocycles. The van der Waals surface area contributed by atoms with Gasteiger partial charge in [-0.3, -0.25) is 4.79 Å². The molecule has 0 N–H and O–H groups in total. The fourth-order valence-corrected chi connectivity index (χ4v) is 3.13. The van der Waals surface area contributed by atoms with Crippen molar-refractivity contribution in [3.8, 4) is 0 Å². The van der Waals surface area contributed by atoms with Crippen LogP contribution in [0.2, 0.25) is 0 Å². The molecule has 0 aliphatic heterocycles. The van der Waals surface area contributed by atoms with Gasteiger partial charge in [-0.15, -0.1) is 0 Å². The lowest BCUT2D eigenvalue weighted by Gasteiger charge is -2.01. The third-order valence-electron chi connectivity index (χ3n) is 1.80. The number of hydrogen-bond acceptors (Lipinski definition) is 4. The smallest absolute Gasteiger partial charge is 0.133 e. The molecule has 0 atom stereocenters. The molecule has 2 nitrogen and oxygen atoms in total. The lowest BCUT2D eigenvalue weighted by atomic mass is 10.2. The van der Waals surface area contributed by atoms with Gasteiger partial charge in [-0.05, 0) is 19.8 Å². The van der Waals surface area contributed by atoms with Gasteiger partial charge >= 0.3 is 0 Å². The van der Waals surface area contributed by atoms with Crippen molar-refractivity contribution < 1.29 is 9.53 Å². The quantitative estimate of drug-likeness (QED) is 0.414. The van der Waals surface area contributed by atoms with Gasteiger partial charge in [0.25, 0.3) is 0 Å². The second kappa shape index (κ2) is 12.4. The van der Waals surface area contributed by atoms with Crippen LogP contribution >= 0.6 is 21.6 Å². The number of hydrogen-bond donors (Lipinski definition) is 0. The summed E-state index contributed by atoms with van der Waals surface area (Å²) in [7, 11) is 3.65. The molecule has 0 spiro atoms. The van der Waals surface area contributed by atoms with E-state index in [1.165, 1.54) is 0 Å². The van der Waals surface area contributed by atoms with Gasteiger partial charge in [-0.25, -0.2) is 0 Å². The number of carbonyl (C=O) groups is 1. The van der Waals surface area contributed by atoms with Gasteiger partial charge in [0.2, 0.25) is 0 Å². The van der Waals surface area contributed by atoms with Gasteiger partial charge in [0.15, 0.2) is 0 Å². The molecule has 0 saturated carbocycles. The number of ether oxygens (including phenoxy) is 1. The lowest BCUT2D eigenvalue weighted by molar-refractivity contribution is -0.118. The number of carbonyl (C=O) groups excluding carboxylic acids is 1. The molecule has 0 unspecified atom stereocenters. The zero-order chi connectivity index (χ0) is 11.4. The van der Waals surface area contributed by atoms with E-state index in [4.69, 9.17) is 4.74 Å². The minimum absolute atomic E-state index is 0.403. The molecule has 0 aromatic rings. The Bertz CT molecular complexity index is 152. The van der Waals surface area contributed by atoms with Crippen molar-refractivity contribution in [2.75, 3.05) is 24.7 Å². The summed E-state index contributed by atoms with van der Waals surface area (Å²) >= 11 is 0. The molecular weight excluding hydrogens is 228 g/mol. The van der Waals surface area contributed by atoms with Crippen molar-refractivity contribution in [2.24, 2.45) is 0 Å². The Labute approximate surface area is 101 Å². The van der Waals surface area contributed by atoms with Crippen molar-refractivity contribution in [3.05, 3.63) is 0 Å². The van der Waals surface area contributed by atoms with Crippen LogP contribution in [0, 0.1) is 0 Å². The number of Topliss-reactive ketones (excluding diaryl/α,β-unsaturated/α-hetero) is 1. The minimum atomic E-state index is 0.403. The third kappa shape index (κ3) is 12.3. The molecule has 0 aromatic heterocycles. The maximum atomic E-state index is 11.2. The van der Waals surface area contributed by atoms with Crippen LogP contribution < -0.4 is 0 Å². The molecule has 0 heterocycles. The van der Waals surface area contributed by atoms with E-state index < -0.39 is 0 Å². The summed E-state index contributed by atoms with van der Waals surface area (Å²) in [4.78, 5) is 11.2. The van der Waals surface area contributed by atoms with Crippen LogP contribution in [0.25, 0.3) is 0 Å². The first-order valence-electron chi connectivity index (χ1n) is 5.65. The molecule has 0 rings (SSSR count). The molecule has 0 bridgehead atoms. The van der Waals surface area contributed by atoms with Crippen LogP contribution in [0.15, 0.2) is 0 Å². The van der Waals surface area contributed by atoms with E-state index in [-0.39, 0.29) is 0 Å². The monoisotopic (exact) mass is 250 g/mol. The summed E-state index contributed by atoms with van der Waals surface area (Å²) < 4.78 is 5.23. The highest BCUT2D eigenvalue weighted by Crippen LogP contribution is 2.22. The Morgan fingerprint density at radius 1 is 1.13 bits per heavy atom. The van der Waals surface area contributed by atoms with Gasteiger partial charge in [0.1, 0.15) is 5.78 Å². The van der Waals surface area contributed by atoms with Gasteiger partial charge in [-0.1, -0.05) is 28.5 Å².